The Morgan fingerprint density at radius 3 is 2.60 bits per heavy atom. The van der Waals surface area contributed by atoms with Gasteiger partial charge < -0.3 is 4.98 Å². The van der Waals surface area contributed by atoms with Gasteiger partial charge in [-0.2, -0.15) is 0 Å². The molecule has 2 heteroatoms. The SMILES string of the molecule is CC(C)c1cc2c([nH]1)CCN(C(C)C)C2. The molecule has 1 aliphatic rings. The number of nitrogens with one attached hydrogen (secondary N) is 1. The summed E-state index contributed by atoms with van der Waals surface area (Å²) < 4.78 is 0. The lowest BCUT2D eigenvalue weighted by Gasteiger charge is -2.30. The van der Waals surface area contributed by atoms with Crippen LogP contribution in [-0.2, 0) is 13.0 Å². The molecule has 0 atom stereocenters. The summed E-state index contributed by atoms with van der Waals surface area (Å²) >= 11 is 0. The highest BCUT2D eigenvalue weighted by molar-refractivity contribution is 5.29. The van der Waals surface area contributed by atoms with Gasteiger partial charge in [-0.3, -0.25) is 4.90 Å². The maximum Gasteiger partial charge on any atom is 0.0254 e. The molecule has 0 saturated heterocycles. The normalized spacial score (nSPS) is 17.5. The van der Waals surface area contributed by atoms with Crippen molar-refractivity contribution in [2.45, 2.75) is 52.6 Å². The average Bonchev–Trinajstić information content (AvgIpc) is 2.59. The zero-order chi connectivity index (χ0) is 11.0. The highest BCUT2D eigenvalue weighted by atomic mass is 15.2. The van der Waals surface area contributed by atoms with Crippen LogP contribution in [0.5, 0.6) is 0 Å². The first kappa shape index (κ1) is 10.7. The lowest BCUT2D eigenvalue weighted by atomic mass is 10.1. The Hall–Kier alpha value is -0.760. The molecule has 1 aliphatic heterocycles. The monoisotopic (exact) mass is 206 g/mol. The van der Waals surface area contributed by atoms with Crippen LogP contribution >= 0.6 is 0 Å². The summed E-state index contributed by atoms with van der Waals surface area (Å²) in [5, 5.41) is 0. The molecule has 1 aromatic rings. The van der Waals surface area contributed by atoms with Crippen LogP contribution < -0.4 is 0 Å². The molecule has 0 unspecified atom stereocenters. The highest BCUT2D eigenvalue weighted by Gasteiger charge is 2.20. The summed E-state index contributed by atoms with van der Waals surface area (Å²) in [6.07, 6.45) is 1.18. The zero-order valence-corrected chi connectivity index (χ0v) is 10.3. The van der Waals surface area contributed by atoms with Crippen molar-refractivity contribution in [2.24, 2.45) is 0 Å². The standard InChI is InChI=1S/C13H22N2/c1-9(2)13-7-11-8-15(10(3)4)6-5-12(11)14-13/h7,9-10,14H,5-6,8H2,1-4H3. The molecular formula is C13H22N2. The molecule has 2 heterocycles. The Labute approximate surface area is 92.7 Å². The molecule has 0 saturated carbocycles. The van der Waals surface area contributed by atoms with Gasteiger partial charge in [0, 0.05) is 36.9 Å². The second-order valence-electron chi connectivity index (χ2n) is 5.20. The van der Waals surface area contributed by atoms with Gasteiger partial charge in [0.25, 0.3) is 0 Å². The molecule has 1 N–H and O–H groups in total. The van der Waals surface area contributed by atoms with E-state index in [-0.39, 0.29) is 0 Å². The van der Waals surface area contributed by atoms with Gasteiger partial charge in [0.2, 0.25) is 0 Å². The van der Waals surface area contributed by atoms with Crippen LogP contribution in [0.2, 0.25) is 0 Å². The second-order valence-corrected chi connectivity index (χ2v) is 5.20. The molecule has 0 aliphatic carbocycles. The number of hydrogen-bond acceptors (Lipinski definition) is 1. The molecule has 0 amide bonds. The van der Waals surface area contributed by atoms with Crippen LogP contribution in [0.15, 0.2) is 6.07 Å². The second kappa shape index (κ2) is 4.01. The first-order chi connectivity index (χ1) is 7.08. The molecule has 15 heavy (non-hydrogen) atoms. The molecular weight excluding hydrogens is 184 g/mol. The fraction of sp³-hybridized carbons (Fsp3) is 0.692. The summed E-state index contributed by atoms with van der Waals surface area (Å²) in [5.74, 6) is 0.614. The lowest BCUT2D eigenvalue weighted by molar-refractivity contribution is 0.203. The minimum Gasteiger partial charge on any atom is -0.362 e. The fourth-order valence-electron chi connectivity index (χ4n) is 2.23. The van der Waals surface area contributed by atoms with E-state index < -0.39 is 0 Å². The molecule has 2 rings (SSSR count). The van der Waals surface area contributed by atoms with E-state index in [4.69, 9.17) is 0 Å². The van der Waals surface area contributed by atoms with E-state index in [1.54, 1.807) is 0 Å². The van der Waals surface area contributed by atoms with Gasteiger partial charge >= 0.3 is 0 Å². The van der Waals surface area contributed by atoms with Crippen molar-refractivity contribution in [1.82, 2.24) is 9.88 Å². The van der Waals surface area contributed by atoms with Crippen LogP contribution in [0.4, 0.5) is 0 Å². The minimum absolute atomic E-state index is 0.614. The van der Waals surface area contributed by atoms with Crippen LogP contribution in [-0.4, -0.2) is 22.5 Å². The average molecular weight is 206 g/mol. The van der Waals surface area contributed by atoms with E-state index in [2.05, 4.69) is 43.6 Å². The Morgan fingerprint density at radius 2 is 2.00 bits per heavy atom. The third kappa shape index (κ3) is 2.10. The smallest absolute Gasteiger partial charge is 0.0254 e. The Bertz CT molecular complexity index is 336. The van der Waals surface area contributed by atoms with E-state index in [1.165, 1.54) is 29.9 Å². The molecule has 0 fully saturated rings. The largest absolute Gasteiger partial charge is 0.362 e. The third-order valence-corrected chi connectivity index (χ3v) is 3.39. The molecule has 0 bridgehead atoms. The quantitative estimate of drug-likeness (QED) is 0.788. The van der Waals surface area contributed by atoms with Crippen molar-refractivity contribution in [3.63, 3.8) is 0 Å². The summed E-state index contributed by atoms with van der Waals surface area (Å²) in [5.41, 5.74) is 4.37. The number of hydrogen-bond donors (Lipinski definition) is 1. The van der Waals surface area contributed by atoms with Crippen molar-refractivity contribution in [3.05, 3.63) is 23.0 Å². The minimum atomic E-state index is 0.614. The summed E-state index contributed by atoms with van der Waals surface area (Å²) in [4.78, 5) is 6.11. The first-order valence-electron chi connectivity index (χ1n) is 6.02. The van der Waals surface area contributed by atoms with E-state index in [9.17, 15) is 0 Å². The maximum absolute atomic E-state index is 3.57. The number of aromatic nitrogens is 1. The molecule has 1 aromatic heterocycles. The van der Waals surface area contributed by atoms with Crippen molar-refractivity contribution in [3.8, 4) is 0 Å². The van der Waals surface area contributed by atoms with Gasteiger partial charge in [0.05, 0.1) is 0 Å². The van der Waals surface area contributed by atoms with Gasteiger partial charge in [-0.1, -0.05) is 13.8 Å². The van der Waals surface area contributed by atoms with Crippen molar-refractivity contribution in [2.75, 3.05) is 6.54 Å². The number of H-pyrrole nitrogens is 1. The fourth-order valence-corrected chi connectivity index (χ4v) is 2.23. The molecule has 84 valence electrons. The lowest BCUT2D eigenvalue weighted by Crippen LogP contribution is -2.35. The van der Waals surface area contributed by atoms with E-state index >= 15 is 0 Å². The number of nitrogens with zero attached hydrogens (tertiary/aromatic N) is 1. The van der Waals surface area contributed by atoms with Crippen LogP contribution in [0.3, 0.4) is 0 Å². The van der Waals surface area contributed by atoms with Crippen molar-refractivity contribution in [1.29, 1.82) is 0 Å². The summed E-state index contributed by atoms with van der Waals surface area (Å²) in [6, 6.07) is 3.02. The summed E-state index contributed by atoms with van der Waals surface area (Å²) in [6.45, 7) is 11.4. The molecule has 2 nitrogen and oxygen atoms in total. The zero-order valence-electron chi connectivity index (χ0n) is 10.3. The van der Waals surface area contributed by atoms with Crippen LogP contribution in [0.1, 0.15) is 50.6 Å². The van der Waals surface area contributed by atoms with E-state index in [1.807, 2.05) is 0 Å². The van der Waals surface area contributed by atoms with E-state index in [0.717, 1.165) is 6.54 Å². The van der Waals surface area contributed by atoms with Crippen LogP contribution in [0, 0.1) is 0 Å². The maximum atomic E-state index is 3.57. The number of rotatable bonds is 2. The van der Waals surface area contributed by atoms with Gasteiger partial charge in [-0.05, 0) is 31.4 Å². The number of fused-ring (bicyclic) bond motifs is 1. The summed E-state index contributed by atoms with van der Waals surface area (Å²) in [7, 11) is 0. The Balaban J connectivity index is 2.19. The van der Waals surface area contributed by atoms with Gasteiger partial charge in [-0.25, -0.2) is 0 Å². The Kier molecular flexibility index (Phi) is 2.87. The van der Waals surface area contributed by atoms with Gasteiger partial charge in [-0.15, -0.1) is 0 Å². The topological polar surface area (TPSA) is 19.0 Å². The Morgan fingerprint density at radius 1 is 1.27 bits per heavy atom. The molecule has 0 aromatic carbocycles. The highest BCUT2D eigenvalue weighted by Crippen LogP contribution is 2.24. The van der Waals surface area contributed by atoms with Gasteiger partial charge in [0.1, 0.15) is 0 Å². The number of aromatic amines is 1. The van der Waals surface area contributed by atoms with Gasteiger partial charge in [0.15, 0.2) is 0 Å². The predicted octanol–water partition coefficient (Wildman–Crippen LogP) is 2.90. The predicted molar refractivity (Wildman–Crippen MR) is 64.1 cm³/mol. The van der Waals surface area contributed by atoms with Crippen molar-refractivity contribution < 1.29 is 0 Å². The molecule has 0 radical (unpaired) electrons. The first-order valence-corrected chi connectivity index (χ1v) is 6.02. The third-order valence-electron chi connectivity index (χ3n) is 3.39. The van der Waals surface area contributed by atoms with Crippen LogP contribution in [0.25, 0.3) is 0 Å². The molecule has 0 spiro atoms. The van der Waals surface area contributed by atoms with Crippen molar-refractivity contribution >= 4 is 0 Å². The van der Waals surface area contributed by atoms with E-state index in [0.29, 0.717) is 12.0 Å².